The Morgan fingerprint density at radius 2 is 1.66 bits per heavy atom. The van der Waals surface area contributed by atoms with E-state index in [4.69, 9.17) is 5.73 Å². The molecule has 3 heteroatoms. The van der Waals surface area contributed by atoms with Crippen LogP contribution in [-0.4, -0.2) is 11.8 Å². The Kier molecular flexibility index (Phi) is 6.64. The Labute approximate surface area is 209 Å². The molecule has 3 nitrogen and oxygen atoms in total. The van der Waals surface area contributed by atoms with Crippen molar-refractivity contribution < 1.29 is 4.79 Å². The first kappa shape index (κ1) is 24.4. The van der Waals surface area contributed by atoms with Crippen LogP contribution in [0.2, 0.25) is 0 Å². The Morgan fingerprint density at radius 1 is 1.00 bits per heavy atom. The van der Waals surface area contributed by atoms with Crippen molar-refractivity contribution in [2.75, 3.05) is 11.1 Å². The van der Waals surface area contributed by atoms with E-state index in [-0.39, 0.29) is 29.6 Å². The van der Waals surface area contributed by atoms with E-state index in [0.717, 1.165) is 33.9 Å². The van der Waals surface area contributed by atoms with Gasteiger partial charge in [0.25, 0.3) is 0 Å². The number of anilines is 2. The summed E-state index contributed by atoms with van der Waals surface area (Å²) in [5.74, 6) is 14.5. The lowest BCUT2D eigenvalue weighted by molar-refractivity contribution is 0.103. The minimum Gasteiger partial charge on any atom is -0.399 e. The van der Waals surface area contributed by atoms with E-state index >= 15 is 0 Å². The van der Waals surface area contributed by atoms with Crippen LogP contribution in [0.4, 0.5) is 11.4 Å². The van der Waals surface area contributed by atoms with E-state index in [2.05, 4.69) is 76.3 Å². The molecule has 2 aliphatic carbocycles. The summed E-state index contributed by atoms with van der Waals surface area (Å²) in [6.45, 7) is 17.3. The van der Waals surface area contributed by atoms with Crippen LogP contribution >= 0.6 is 0 Å². The van der Waals surface area contributed by atoms with Gasteiger partial charge in [-0.15, -0.1) is 0 Å². The molecule has 178 valence electrons. The number of benzene rings is 2. The molecular weight excluding hydrogens is 428 g/mol. The average Bonchev–Trinajstić information content (AvgIpc) is 2.78. The van der Waals surface area contributed by atoms with Gasteiger partial charge in [-0.05, 0) is 65.3 Å². The van der Waals surface area contributed by atoms with Crippen molar-refractivity contribution in [1.82, 2.24) is 0 Å². The topological polar surface area (TPSA) is 55.1 Å². The molecule has 0 amide bonds. The molecule has 3 aliphatic rings. The minimum absolute atomic E-state index is 0.00139. The summed E-state index contributed by atoms with van der Waals surface area (Å²) in [6.07, 6.45) is 3.62. The van der Waals surface area contributed by atoms with Gasteiger partial charge in [0.15, 0.2) is 5.78 Å². The highest BCUT2D eigenvalue weighted by Gasteiger charge is 2.40. The zero-order valence-corrected chi connectivity index (χ0v) is 21.5. The lowest BCUT2D eigenvalue weighted by atomic mass is 9.68. The first-order valence-electron chi connectivity index (χ1n) is 12.4. The maximum absolute atomic E-state index is 13.5. The first-order chi connectivity index (χ1) is 16.6. The molecule has 4 unspecified atom stereocenters. The number of aryl methyl sites for hydroxylation is 1. The zero-order valence-electron chi connectivity index (χ0n) is 21.5. The van der Waals surface area contributed by atoms with Crippen LogP contribution in [0.1, 0.15) is 78.7 Å². The number of allylic oxidation sites excluding steroid dienone is 2. The van der Waals surface area contributed by atoms with Crippen molar-refractivity contribution in [3.8, 4) is 23.7 Å². The van der Waals surface area contributed by atoms with Crippen LogP contribution in [0.25, 0.3) is 5.57 Å². The van der Waals surface area contributed by atoms with Crippen LogP contribution in [0, 0.1) is 48.4 Å². The molecule has 2 aromatic rings. The van der Waals surface area contributed by atoms with Gasteiger partial charge in [0.1, 0.15) is 0 Å². The van der Waals surface area contributed by atoms with Crippen LogP contribution < -0.4 is 11.1 Å². The minimum atomic E-state index is -0.0352. The van der Waals surface area contributed by atoms with Gasteiger partial charge in [0, 0.05) is 39.9 Å². The van der Waals surface area contributed by atoms with Gasteiger partial charge < -0.3 is 11.1 Å². The summed E-state index contributed by atoms with van der Waals surface area (Å²) in [5, 5.41) is 3.67. The van der Waals surface area contributed by atoms with E-state index < -0.39 is 0 Å². The molecule has 1 aliphatic heterocycles. The lowest BCUT2D eigenvalue weighted by Crippen LogP contribution is -2.39. The molecule has 5 rings (SSSR count). The third kappa shape index (κ3) is 4.40. The van der Waals surface area contributed by atoms with Gasteiger partial charge in [-0.2, -0.15) is 0 Å². The van der Waals surface area contributed by atoms with Gasteiger partial charge in [-0.3, -0.25) is 4.79 Å². The highest BCUT2D eigenvalue weighted by atomic mass is 16.1. The summed E-state index contributed by atoms with van der Waals surface area (Å²) < 4.78 is 0. The molecule has 0 radical (unpaired) electrons. The van der Waals surface area contributed by atoms with Gasteiger partial charge in [-0.25, -0.2) is 0 Å². The summed E-state index contributed by atoms with van der Waals surface area (Å²) in [7, 11) is 0. The molecule has 0 spiro atoms. The molecule has 3 N–H and O–H groups in total. The van der Waals surface area contributed by atoms with E-state index in [1.807, 2.05) is 25.1 Å². The highest BCUT2D eigenvalue weighted by molar-refractivity contribution is 6.21. The van der Waals surface area contributed by atoms with Crippen molar-refractivity contribution in [1.29, 1.82) is 0 Å². The van der Waals surface area contributed by atoms with E-state index in [1.54, 1.807) is 12.1 Å². The molecule has 0 saturated heterocycles. The maximum Gasteiger partial charge on any atom is 0.194 e. The molecule has 35 heavy (non-hydrogen) atoms. The molecular formula is C32H34N2O. The van der Waals surface area contributed by atoms with Gasteiger partial charge in [-0.1, -0.05) is 77.0 Å². The van der Waals surface area contributed by atoms with Crippen LogP contribution in [-0.2, 0) is 0 Å². The Bertz CT molecular complexity index is 1370. The van der Waals surface area contributed by atoms with E-state index in [0.29, 0.717) is 16.8 Å². The second-order valence-corrected chi connectivity index (χ2v) is 10.5. The monoisotopic (exact) mass is 462 g/mol. The summed E-state index contributed by atoms with van der Waals surface area (Å²) >= 11 is 0. The largest absolute Gasteiger partial charge is 0.399 e. The number of nitrogens with one attached hydrogen (secondary N) is 1. The van der Waals surface area contributed by atoms with Crippen LogP contribution in [0.15, 0.2) is 43.0 Å². The van der Waals surface area contributed by atoms with Crippen molar-refractivity contribution in [2.24, 2.45) is 17.8 Å². The molecule has 1 heterocycles. The van der Waals surface area contributed by atoms with E-state index in [1.165, 1.54) is 5.56 Å². The van der Waals surface area contributed by atoms with Crippen molar-refractivity contribution in [3.63, 3.8) is 0 Å². The Balaban J connectivity index is 0.000000672. The van der Waals surface area contributed by atoms with Crippen molar-refractivity contribution in [2.45, 2.75) is 53.5 Å². The first-order valence-corrected chi connectivity index (χ1v) is 12.4. The second-order valence-electron chi connectivity index (χ2n) is 10.5. The van der Waals surface area contributed by atoms with Crippen molar-refractivity contribution >= 4 is 22.7 Å². The average molecular weight is 463 g/mol. The maximum atomic E-state index is 13.5. The Hall–Kier alpha value is -3.69. The summed E-state index contributed by atoms with van der Waals surface area (Å²) in [4.78, 5) is 13.5. The zero-order chi connectivity index (χ0) is 25.4. The van der Waals surface area contributed by atoms with Gasteiger partial charge in [0.05, 0.1) is 6.04 Å². The number of ketones is 1. The van der Waals surface area contributed by atoms with E-state index in [9.17, 15) is 4.79 Å². The fourth-order valence-electron chi connectivity index (χ4n) is 5.30. The summed E-state index contributed by atoms with van der Waals surface area (Å²) in [6, 6.07) is 7.61. The molecule has 2 bridgehead atoms. The second kappa shape index (κ2) is 9.52. The smallest absolute Gasteiger partial charge is 0.194 e. The molecule has 4 atom stereocenters. The molecule has 0 aromatic heterocycles. The van der Waals surface area contributed by atoms with Crippen LogP contribution in [0.5, 0.6) is 0 Å². The number of nitrogen functional groups attached to an aromatic ring is 1. The molecule has 0 fully saturated rings. The Morgan fingerprint density at radius 3 is 2.34 bits per heavy atom. The van der Waals surface area contributed by atoms with Crippen molar-refractivity contribution in [3.05, 3.63) is 76.4 Å². The SMILES string of the molecule is C=C1c2ccc(N)cc2C(=O)c2c(C)cc3c(c21)NC1C#C/C=C\C#CC(C)C3C1C.CC(C)C. The molecule has 0 saturated carbocycles. The third-order valence-electron chi connectivity index (χ3n) is 6.79. The third-order valence-corrected chi connectivity index (χ3v) is 6.79. The predicted molar refractivity (Wildman–Crippen MR) is 147 cm³/mol. The standard InChI is InChI=1S/C28H24N2O.C4H10/c1-15-9-7-5-6-8-10-23-18(4)24(15)22-13-16(2)25-26(27(22)30-23)17(3)20-12-11-19(29)14-21(20)28(25)31;1-4(2)3/h5-6,11-15,18,23-24,30H,3,29H2,1-2,4H3;4H,1-3H3/b6-5-;. The van der Waals surface area contributed by atoms with Crippen LogP contribution in [0.3, 0.4) is 0 Å². The number of nitrogens with two attached hydrogens (primary N) is 1. The fourth-order valence-corrected chi connectivity index (χ4v) is 5.30. The van der Waals surface area contributed by atoms with Gasteiger partial charge in [0.2, 0.25) is 0 Å². The number of carbonyl (C=O) groups excluding carboxylic acids is 1. The predicted octanol–water partition coefficient (Wildman–Crippen LogP) is 6.57. The normalized spacial score (nSPS) is 24.1. The number of rotatable bonds is 0. The highest BCUT2D eigenvalue weighted by Crippen LogP contribution is 2.50. The number of carbonyl (C=O) groups is 1. The lowest BCUT2D eigenvalue weighted by Gasteiger charge is -2.41. The molecule has 2 aromatic carbocycles. The number of fused-ring (bicyclic) bond motifs is 7. The fraction of sp³-hybridized carbons (Fsp3) is 0.344. The number of hydrogen-bond donors (Lipinski definition) is 2. The quantitative estimate of drug-likeness (QED) is 0.293. The number of hydrogen-bond acceptors (Lipinski definition) is 3. The van der Waals surface area contributed by atoms with Gasteiger partial charge >= 0.3 is 0 Å². The summed E-state index contributed by atoms with van der Waals surface area (Å²) in [5.41, 5.74) is 13.6.